The first kappa shape index (κ1) is 16.0. The molecule has 0 amide bonds. The van der Waals surface area contributed by atoms with E-state index in [-0.39, 0.29) is 13.0 Å². The first-order chi connectivity index (χ1) is 10.6. The molecule has 2 aromatic carbocycles. The highest BCUT2D eigenvalue weighted by Crippen LogP contribution is 2.22. The molecule has 22 heavy (non-hydrogen) atoms. The fraction of sp³-hybridized carbons (Fsp3) is 0.235. The number of aliphatic hydroxyl groups excluding tert-OH is 1. The number of benzene rings is 2. The summed E-state index contributed by atoms with van der Waals surface area (Å²) in [5.74, 6) is -0.501. The van der Waals surface area contributed by atoms with Crippen LogP contribution in [-0.2, 0) is 24.4 Å². The van der Waals surface area contributed by atoms with Crippen molar-refractivity contribution in [2.45, 2.75) is 25.7 Å². The second-order valence-electron chi connectivity index (χ2n) is 5.02. The minimum atomic E-state index is -1.04. The third-order valence-corrected chi connectivity index (χ3v) is 3.31. The van der Waals surface area contributed by atoms with Gasteiger partial charge in [0.15, 0.2) is 0 Å². The average Bonchev–Trinajstić information content (AvgIpc) is 2.54. The normalized spacial score (nSPS) is 11.9. The van der Waals surface area contributed by atoms with Gasteiger partial charge in [0.05, 0.1) is 6.61 Å². The molecule has 116 valence electrons. The number of carboxylic acids is 1. The predicted octanol–water partition coefficient (Wildman–Crippen LogP) is 1.71. The Hall–Kier alpha value is -2.37. The lowest BCUT2D eigenvalue weighted by molar-refractivity contribution is -0.138. The zero-order valence-corrected chi connectivity index (χ0v) is 12.1. The number of carbonyl (C=O) groups is 1. The quantitative estimate of drug-likeness (QED) is 0.724. The van der Waals surface area contributed by atoms with Gasteiger partial charge < -0.3 is 20.7 Å². The van der Waals surface area contributed by atoms with Crippen molar-refractivity contribution < 1.29 is 19.7 Å². The minimum absolute atomic E-state index is 0.143. The molecular formula is C17H19NO4. The highest BCUT2D eigenvalue weighted by atomic mass is 16.5. The number of hydrogen-bond donors (Lipinski definition) is 3. The molecule has 0 unspecified atom stereocenters. The molecular weight excluding hydrogens is 282 g/mol. The van der Waals surface area contributed by atoms with Crippen molar-refractivity contribution in [1.29, 1.82) is 0 Å². The molecule has 0 spiro atoms. The maximum absolute atomic E-state index is 10.8. The van der Waals surface area contributed by atoms with Gasteiger partial charge in [0.25, 0.3) is 0 Å². The van der Waals surface area contributed by atoms with E-state index in [4.69, 9.17) is 15.6 Å². The lowest BCUT2D eigenvalue weighted by atomic mass is 10.0. The molecule has 0 aromatic heterocycles. The minimum Gasteiger partial charge on any atom is -0.489 e. The topological polar surface area (TPSA) is 92.8 Å². The van der Waals surface area contributed by atoms with Crippen LogP contribution in [0.1, 0.15) is 16.7 Å². The molecule has 5 heteroatoms. The van der Waals surface area contributed by atoms with Crippen LogP contribution in [0.3, 0.4) is 0 Å². The van der Waals surface area contributed by atoms with Gasteiger partial charge in [0, 0.05) is 5.56 Å². The number of nitrogens with two attached hydrogens (primary N) is 1. The van der Waals surface area contributed by atoms with Gasteiger partial charge in [-0.05, 0) is 23.6 Å². The number of rotatable bonds is 7. The van der Waals surface area contributed by atoms with Crippen LogP contribution in [0.2, 0.25) is 0 Å². The summed E-state index contributed by atoms with van der Waals surface area (Å²) in [5, 5.41) is 18.2. The molecule has 2 rings (SSSR count). The summed E-state index contributed by atoms with van der Waals surface area (Å²) >= 11 is 0. The summed E-state index contributed by atoms with van der Waals surface area (Å²) < 4.78 is 5.75. The molecule has 0 aliphatic heterocycles. The van der Waals surface area contributed by atoms with Crippen molar-refractivity contribution in [3.05, 3.63) is 65.2 Å². The van der Waals surface area contributed by atoms with E-state index in [1.54, 1.807) is 18.2 Å². The zero-order valence-electron chi connectivity index (χ0n) is 12.1. The summed E-state index contributed by atoms with van der Waals surface area (Å²) in [4.78, 5) is 10.8. The van der Waals surface area contributed by atoms with E-state index < -0.39 is 12.0 Å². The molecule has 0 saturated heterocycles. The molecule has 0 heterocycles. The van der Waals surface area contributed by atoms with Crippen molar-refractivity contribution >= 4 is 5.97 Å². The summed E-state index contributed by atoms with van der Waals surface area (Å²) in [6, 6.07) is 13.9. The number of hydrogen-bond acceptors (Lipinski definition) is 4. The standard InChI is InChI=1S/C17H19NO4/c18-15(17(20)21)8-13-6-7-14(10-19)16(9-13)22-11-12-4-2-1-3-5-12/h1-7,9,15,19H,8,10-11,18H2,(H,20,21)/t15-/m0/s1. The smallest absolute Gasteiger partial charge is 0.320 e. The second kappa shape index (κ2) is 7.59. The van der Waals surface area contributed by atoms with Crippen molar-refractivity contribution in [3.63, 3.8) is 0 Å². The molecule has 0 saturated carbocycles. The van der Waals surface area contributed by atoms with Crippen LogP contribution in [0, 0.1) is 0 Å². The summed E-state index contributed by atoms with van der Waals surface area (Å²) in [6.07, 6.45) is 0.211. The van der Waals surface area contributed by atoms with E-state index >= 15 is 0 Å². The molecule has 0 aliphatic rings. The first-order valence-electron chi connectivity index (χ1n) is 6.98. The van der Waals surface area contributed by atoms with E-state index in [1.165, 1.54) is 0 Å². The van der Waals surface area contributed by atoms with Crippen molar-refractivity contribution in [3.8, 4) is 5.75 Å². The Kier molecular flexibility index (Phi) is 5.52. The molecule has 0 radical (unpaired) electrons. The monoisotopic (exact) mass is 301 g/mol. The number of ether oxygens (including phenoxy) is 1. The van der Waals surface area contributed by atoms with Crippen LogP contribution < -0.4 is 10.5 Å². The van der Waals surface area contributed by atoms with Crippen molar-refractivity contribution in [2.75, 3.05) is 0 Å². The number of carboxylic acid groups (broad SMARTS) is 1. The van der Waals surface area contributed by atoms with E-state index in [9.17, 15) is 9.90 Å². The average molecular weight is 301 g/mol. The van der Waals surface area contributed by atoms with Crippen molar-refractivity contribution in [2.24, 2.45) is 5.73 Å². The fourth-order valence-corrected chi connectivity index (χ4v) is 2.07. The fourth-order valence-electron chi connectivity index (χ4n) is 2.07. The Morgan fingerprint density at radius 2 is 1.86 bits per heavy atom. The summed E-state index contributed by atoms with van der Waals surface area (Å²) in [6.45, 7) is 0.234. The molecule has 0 fully saturated rings. The van der Waals surface area contributed by atoms with Gasteiger partial charge in [-0.25, -0.2) is 0 Å². The molecule has 0 bridgehead atoms. The van der Waals surface area contributed by atoms with Gasteiger partial charge in [-0.3, -0.25) is 4.79 Å². The maximum atomic E-state index is 10.8. The van der Waals surface area contributed by atoms with Gasteiger partial charge in [-0.1, -0.05) is 42.5 Å². The Morgan fingerprint density at radius 1 is 1.14 bits per heavy atom. The van der Waals surface area contributed by atoms with E-state index in [0.29, 0.717) is 17.9 Å². The molecule has 1 atom stereocenters. The summed E-state index contributed by atoms with van der Waals surface area (Å²) in [5.41, 5.74) is 7.97. The Morgan fingerprint density at radius 3 is 2.50 bits per heavy atom. The SMILES string of the molecule is N[C@@H](Cc1ccc(CO)c(OCc2ccccc2)c1)C(=O)O. The van der Waals surface area contributed by atoms with Crippen molar-refractivity contribution in [1.82, 2.24) is 0 Å². The predicted molar refractivity (Wildman–Crippen MR) is 82.5 cm³/mol. The van der Waals surface area contributed by atoms with Gasteiger partial charge >= 0.3 is 5.97 Å². The molecule has 5 nitrogen and oxygen atoms in total. The van der Waals surface area contributed by atoms with E-state index in [0.717, 1.165) is 11.1 Å². The van der Waals surface area contributed by atoms with Gasteiger partial charge in [0.2, 0.25) is 0 Å². The Balaban J connectivity index is 2.12. The van der Waals surface area contributed by atoms with E-state index in [2.05, 4.69) is 0 Å². The Bertz CT molecular complexity index is 628. The van der Waals surface area contributed by atoms with Crippen LogP contribution in [0.4, 0.5) is 0 Å². The van der Waals surface area contributed by atoms with Crippen LogP contribution in [-0.4, -0.2) is 22.2 Å². The highest BCUT2D eigenvalue weighted by Gasteiger charge is 2.13. The van der Waals surface area contributed by atoms with Gasteiger partial charge in [0.1, 0.15) is 18.4 Å². The molecule has 4 N–H and O–H groups in total. The zero-order chi connectivity index (χ0) is 15.9. The van der Waals surface area contributed by atoms with Gasteiger partial charge in [-0.15, -0.1) is 0 Å². The van der Waals surface area contributed by atoms with Crippen LogP contribution in [0.5, 0.6) is 5.75 Å². The lowest BCUT2D eigenvalue weighted by Gasteiger charge is -2.13. The molecule has 0 aliphatic carbocycles. The number of aliphatic carboxylic acids is 1. The van der Waals surface area contributed by atoms with Crippen LogP contribution in [0.25, 0.3) is 0 Å². The molecule has 2 aromatic rings. The maximum Gasteiger partial charge on any atom is 0.320 e. The third kappa shape index (κ3) is 4.31. The second-order valence-corrected chi connectivity index (χ2v) is 5.02. The van der Waals surface area contributed by atoms with Gasteiger partial charge in [-0.2, -0.15) is 0 Å². The summed E-state index contributed by atoms with van der Waals surface area (Å²) in [7, 11) is 0. The highest BCUT2D eigenvalue weighted by molar-refractivity contribution is 5.73. The van der Waals surface area contributed by atoms with Crippen LogP contribution in [0.15, 0.2) is 48.5 Å². The third-order valence-electron chi connectivity index (χ3n) is 3.31. The van der Waals surface area contributed by atoms with E-state index in [1.807, 2.05) is 30.3 Å². The largest absolute Gasteiger partial charge is 0.489 e. The first-order valence-corrected chi connectivity index (χ1v) is 6.98. The van der Waals surface area contributed by atoms with Crippen LogP contribution >= 0.6 is 0 Å². The lowest BCUT2D eigenvalue weighted by Crippen LogP contribution is -2.32. The Labute approximate surface area is 129 Å². The number of aliphatic hydroxyl groups is 1.